The van der Waals surface area contributed by atoms with Crippen LogP contribution in [0.15, 0.2) is 6.33 Å². The summed E-state index contributed by atoms with van der Waals surface area (Å²) in [5, 5.41) is 11.3. The van der Waals surface area contributed by atoms with Gasteiger partial charge in [-0.25, -0.2) is 9.97 Å². The molecule has 0 atom stereocenters. The Morgan fingerprint density at radius 1 is 0.727 bits per heavy atom. The molecule has 3 N–H and O–H groups in total. The Kier molecular flexibility index (Phi) is 11.5. The second kappa shape index (κ2) is 13.7. The van der Waals surface area contributed by atoms with Crippen LogP contribution in [0.4, 0.5) is 11.9 Å². The first-order valence-electron chi connectivity index (χ1n) is 17.5. The van der Waals surface area contributed by atoms with E-state index >= 15 is 0 Å². The van der Waals surface area contributed by atoms with E-state index in [0.717, 1.165) is 38.2 Å². The third kappa shape index (κ3) is 12.0. The van der Waals surface area contributed by atoms with Gasteiger partial charge < -0.3 is 25.8 Å². The van der Waals surface area contributed by atoms with Crippen LogP contribution in [0.3, 0.4) is 0 Å². The molecule has 44 heavy (non-hydrogen) atoms. The largest absolute Gasteiger partial charge is 0.349 e. The maximum atomic E-state index is 5.03. The Bertz CT molecular complexity index is 1020. The fourth-order valence-corrected chi connectivity index (χ4v) is 8.85. The van der Waals surface area contributed by atoms with Gasteiger partial charge in [0.05, 0.1) is 0 Å². The lowest BCUT2D eigenvalue weighted by Gasteiger charge is -2.49. The van der Waals surface area contributed by atoms with Crippen molar-refractivity contribution in [1.29, 1.82) is 0 Å². The number of hydrogen-bond donors (Lipinski definition) is 3. The van der Waals surface area contributed by atoms with E-state index in [1.165, 1.54) is 38.6 Å². The molecule has 0 saturated carbocycles. The molecule has 2 aliphatic heterocycles. The second-order valence-corrected chi connectivity index (χ2v) is 18.9. The summed E-state index contributed by atoms with van der Waals surface area (Å²) in [7, 11) is 2.33. The molecular weight excluding hydrogens is 544 g/mol. The van der Waals surface area contributed by atoms with Crippen LogP contribution in [0.25, 0.3) is 0 Å². The van der Waals surface area contributed by atoms with Gasteiger partial charge in [-0.3, -0.25) is 0 Å². The predicted molar refractivity (Wildman–Crippen MR) is 189 cm³/mol. The van der Waals surface area contributed by atoms with Gasteiger partial charge in [0.25, 0.3) is 0 Å². The van der Waals surface area contributed by atoms with Gasteiger partial charge in [-0.05, 0) is 133 Å². The van der Waals surface area contributed by atoms with Crippen LogP contribution >= 0.6 is 0 Å². The van der Waals surface area contributed by atoms with Gasteiger partial charge in [-0.1, -0.05) is 33.6 Å². The smallest absolute Gasteiger partial charge is 0.230 e. The van der Waals surface area contributed by atoms with Gasteiger partial charge in [0, 0.05) is 46.3 Å². The van der Waals surface area contributed by atoms with Crippen molar-refractivity contribution in [3.05, 3.63) is 6.33 Å². The lowest BCUT2D eigenvalue weighted by molar-refractivity contribution is 0.0805. The topological polar surface area (TPSA) is 81.2 Å². The molecule has 8 heteroatoms. The fourth-order valence-electron chi connectivity index (χ4n) is 8.85. The van der Waals surface area contributed by atoms with Crippen molar-refractivity contribution >= 4 is 11.9 Å². The first-order valence-corrected chi connectivity index (χ1v) is 17.5. The summed E-state index contributed by atoms with van der Waals surface area (Å²) >= 11 is 0. The molecule has 0 unspecified atom stereocenters. The highest BCUT2D eigenvalue weighted by Crippen LogP contribution is 2.35. The normalized spacial score (nSPS) is 22.2. The molecule has 2 saturated heterocycles. The third-order valence-electron chi connectivity index (χ3n) is 9.30. The maximum absolute atomic E-state index is 5.03. The van der Waals surface area contributed by atoms with Crippen LogP contribution in [0.1, 0.15) is 148 Å². The minimum Gasteiger partial charge on any atom is -0.349 e. The highest BCUT2D eigenvalue weighted by atomic mass is 15.3. The molecule has 0 amide bonds. The number of unbranched alkanes of at least 4 members (excludes halogenated alkanes) is 3. The minimum atomic E-state index is -0.118. The lowest BCUT2D eigenvalue weighted by Crippen LogP contribution is -2.62. The summed E-state index contributed by atoms with van der Waals surface area (Å²) in [6, 6.07) is 1.01. The number of nitrogens with zero attached hydrogens (tertiary/aromatic N) is 5. The summed E-state index contributed by atoms with van der Waals surface area (Å²) in [4.78, 5) is 19.5. The van der Waals surface area contributed by atoms with Crippen molar-refractivity contribution in [2.45, 2.75) is 188 Å². The highest BCUT2D eigenvalue weighted by molar-refractivity contribution is 5.39. The van der Waals surface area contributed by atoms with E-state index < -0.39 is 0 Å². The molecule has 3 rings (SSSR count). The van der Waals surface area contributed by atoms with Crippen molar-refractivity contribution in [2.75, 3.05) is 30.4 Å². The second-order valence-electron chi connectivity index (χ2n) is 18.9. The van der Waals surface area contributed by atoms with Gasteiger partial charge in [-0.2, -0.15) is 4.98 Å². The van der Waals surface area contributed by atoms with E-state index in [4.69, 9.17) is 9.97 Å². The molecule has 0 radical (unpaired) electrons. The van der Waals surface area contributed by atoms with Crippen molar-refractivity contribution < 1.29 is 0 Å². The fraction of sp³-hybridized carbons (Fsp3) is 0.917. The minimum absolute atomic E-state index is 0.0514. The number of nitrogens with one attached hydrogen (secondary N) is 3. The maximum Gasteiger partial charge on any atom is 0.230 e. The Labute approximate surface area is 271 Å². The number of aromatic nitrogens is 3. The molecule has 2 aliphatic rings. The average molecular weight is 615 g/mol. The Morgan fingerprint density at radius 2 is 1.20 bits per heavy atom. The van der Waals surface area contributed by atoms with Gasteiger partial charge in [0.2, 0.25) is 11.9 Å². The van der Waals surface area contributed by atoms with Crippen LogP contribution in [-0.4, -0.2) is 79.8 Å². The monoisotopic (exact) mass is 615 g/mol. The van der Waals surface area contributed by atoms with E-state index in [-0.39, 0.29) is 33.1 Å². The molecule has 0 aromatic carbocycles. The van der Waals surface area contributed by atoms with Crippen molar-refractivity contribution in [1.82, 2.24) is 30.5 Å². The number of anilines is 2. The molecule has 1 aromatic rings. The van der Waals surface area contributed by atoms with Crippen molar-refractivity contribution in [3.8, 4) is 0 Å². The zero-order valence-corrected chi connectivity index (χ0v) is 31.2. The summed E-state index contributed by atoms with van der Waals surface area (Å²) < 4.78 is 0. The molecule has 0 spiro atoms. The van der Waals surface area contributed by atoms with Crippen LogP contribution in [-0.2, 0) is 0 Å². The van der Waals surface area contributed by atoms with E-state index in [1.54, 1.807) is 6.33 Å². The quantitative estimate of drug-likeness (QED) is 0.198. The number of rotatable bonds is 13. The average Bonchev–Trinajstić information content (AvgIpc) is 2.77. The molecule has 0 aliphatic carbocycles. The summed E-state index contributed by atoms with van der Waals surface area (Å²) in [6.07, 6.45) is 12.1. The van der Waals surface area contributed by atoms with Gasteiger partial charge in [-0.15, -0.1) is 0 Å². The zero-order valence-electron chi connectivity index (χ0n) is 31.2. The lowest BCUT2D eigenvalue weighted by atomic mass is 9.79. The van der Waals surface area contributed by atoms with Crippen LogP contribution in [0.5, 0.6) is 0 Å². The Hall–Kier alpha value is -1.51. The third-order valence-corrected chi connectivity index (χ3v) is 9.30. The molecule has 8 nitrogen and oxygen atoms in total. The summed E-state index contributed by atoms with van der Waals surface area (Å²) in [5.41, 5.74) is 0.572. The first kappa shape index (κ1) is 37.0. The Balaban J connectivity index is 1.64. The summed E-state index contributed by atoms with van der Waals surface area (Å²) in [5.74, 6) is 1.48. The van der Waals surface area contributed by atoms with E-state index in [1.807, 2.05) is 0 Å². The van der Waals surface area contributed by atoms with E-state index in [0.29, 0.717) is 18.0 Å². The van der Waals surface area contributed by atoms with E-state index in [2.05, 4.69) is 128 Å². The van der Waals surface area contributed by atoms with Crippen molar-refractivity contribution in [2.24, 2.45) is 5.41 Å². The van der Waals surface area contributed by atoms with Crippen LogP contribution < -0.4 is 20.9 Å². The summed E-state index contributed by atoms with van der Waals surface area (Å²) in [6.45, 7) is 32.2. The van der Waals surface area contributed by atoms with Crippen LogP contribution in [0.2, 0.25) is 0 Å². The molecule has 0 bridgehead atoms. The van der Waals surface area contributed by atoms with Crippen LogP contribution in [0, 0.1) is 5.41 Å². The molecule has 2 fully saturated rings. The standard InChI is InChI=1S/C36H70N8/c1-31(2,3)25-36(12,13)40-29-37-26-38-30(39-29)44(28-23-34(8,9)42-35(10,11)24-28)20-18-16-15-17-19-43(14)27-21-32(4,5)41-33(6,7)22-27/h26-28,41-42H,15-25H2,1-14H3,(H,37,38,39,40). The number of hydrogen-bond acceptors (Lipinski definition) is 8. The van der Waals surface area contributed by atoms with Gasteiger partial charge in [0.15, 0.2) is 0 Å². The molecule has 1 aromatic heterocycles. The van der Waals surface area contributed by atoms with Gasteiger partial charge >= 0.3 is 0 Å². The van der Waals surface area contributed by atoms with Gasteiger partial charge in [0.1, 0.15) is 6.33 Å². The zero-order chi connectivity index (χ0) is 33.2. The Morgan fingerprint density at radius 3 is 1.70 bits per heavy atom. The predicted octanol–water partition coefficient (Wildman–Crippen LogP) is 7.42. The molecule has 254 valence electrons. The molecular formula is C36H70N8. The first-order chi connectivity index (χ1) is 20.0. The highest BCUT2D eigenvalue weighted by Gasteiger charge is 2.41. The van der Waals surface area contributed by atoms with E-state index in [9.17, 15) is 0 Å². The van der Waals surface area contributed by atoms with Crippen molar-refractivity contribution in [3.63, 3.8) is 0 Å². The number of piperidine rings is 2. The molecule has 3 heterocycles. The SMILES string of the molecule is CN(CCCCCCN(c1ncnc(NC(C)(C)CC(C)(C)C)n1)C1CC(C)(C)NC(C)(C)C1)C1CC(C)(C)NC(C)(C)C1.